The monoisotopic (exact) mass is 281 g/mol. The average molecular weight is 281 g/mol. The van der Waals surface area contributed by atoms with E-state index in [9.17, 15) is 4.79 Å². The molecule has 1 aliphatic heterocycles. The number of amides is 1. The normalized spacial score (nSPS) is 19.3. The summed E-state index contributed by atoms with van der Waals surface area (Å²) in [5, 5.41) is 0. The molecule has 1 fully saturated rings. The molecule has 20 heavy (non-hydrogen) atoms. The number of carbonyl (C=O) groups excluding carboxylic acids is 1. The van der Waals surface area contributed by atoms with Crippen LogP contribution in [0.1, 0.15) is 90.9 Å². The Balaban J connectivity index is 1.91. The van der Waals surface area contributed by atoms with Gasteiger partial charge in [0.25, 0.3) is 0 Å². The zero-order chi connectivity index (χ0) is 14.6. The van der Waals surface area contributed by atoms with Gasteiger partial charge in [0, 0.05) is 19.5 Å². The first kappa shape index (κ1) is 17.5. The highest BCUT2D eigenvalue weighted by Crippen LogP contribution is 2.17. The predicted octanol–water partition coefficient (Wildman–Crippen LogP) is 5.17. The molecule has 0 aliphatic carbocycles. The molecule has 1 heterocycles. The Morgan fingerprint density at radius 2 is 1.60 bits per heavy atom. The number of hydrogen-bond donors (Lipinski definition) is 0. The van der Waals surface area contributed by atoms with Crippen molar-refractivity contribution in [2.24, 2.45) is 5.92 Å². The summed E-state index contributed by atoms with van der Waals surface area (Å²) < 4.78 is 0. The van der Waals surface area contributed by atoms with Gasteiger partial charge in [-0.1, -0.05) is 65.2 Å². The number of unbranched alkanes of at least 4 members (excludes halogenated alkanes) is 8. The lowest BCUT2D eigenvalue weighted by molar-refractivity contribution is -0.133. The van der Waals surface area contributed by atoms with Crippen LogP contribution in [0.2, 0.25) is 0 Å². The third kappa shape index (κ3) is 7.91. The summed E-state index contributed by atoms with van der Waals surface area (Å²) in [5.41, 5.74) is 0. The first-order chi connectivity index (χ1) is 9.74. The lowest BCUT2D eigenvalue weighted by atomic mass is 9.99. The molecule has 0 bridgehead atoms. The molecule has 1 amide bonds. The van der Waals surface area contributed by atoms with Crippen LogP contribution in [-0.4, -0.2) is 23.9 Å². The molecule has 0 spiro atoms. The first-order valence-corrected chi connectivity index (χ1v) is 9.01. The maximum atomic E-state index is 12.1. The van der Waals surface area contributed by atoms with Crippen LogP contribution in [-0.2, 0) is 4.79 Å². The van der Waals surface area contributed by atoms with Crippen LogP contribution in [0.3, 0.4) is 0 Å². The molecule has 0 aromatic heterocycles. The van der Waals surface area contributed by atoms with Crippen LogP contribution in [0.4, 0.5) is 0 Å². The molecule has 1 atom stereocenters. The number of rotatable bonds is 10. The van der Waals surface area contributed by atoms with E-state index in [1.165, 1.54) is 64.2 Å². The van der Waals surface area contributed by atoms with Gasteiger partial charge in [0.05, 0.1) is 0 Å². The minimum atomic E-state index is 0.402. The lowest BCUT2D eigenvalue weighted by Gasteiger charge is -2.31. The van der Waals surface area contributed by atoms with Crippen molar-refractivity contribution >= 4 is 5.91 Å². The topological polar surface area (TPSA) is 20.3 Å². The summed E-state index contributed by atoms with van der Waals surface area (Å²) in [5.74, 6) is 1.11. The molecule has 1 unspecified atom stereocenters. The zero-order valence-corrected chi connectivity index (χ0v) is 13.8. The van der Waals surface area contributed by atoms with E-state index < -0.39 is 0 Å². The van der Waals surface area contributed by atoms with E-state index in [1.54, 1.807) is 0 Å². The fraction of sp³-hybridized carbons (Fsp3) is 0.944. The maximum absolute atomic E-state index is 12.1. The summed E-state index contributed by atoms with van der Waals surface area (Å²) >= 11 is 0. The molecular formula is C18H35NO. The standard InChI is InChI=1S/C18H35NO/c1-3-4-5-6-7-8-9-10-11-14-18(20)19-15-12-13-17(2)16-19/h17H,3-16H2,1-2H3. The van der Waals surface area contributed by atoms with Crippen LogP contribution in [0.5, 0.6) is 0 Å². The predicted molar refractivity (Wildman–Crippen MR) is 86.8 cm³/mol. The Kier molecular flexibility index (Phi) is 9.78. The molecular weight excluding hydrogens is 246 g/mol. The Labute approximate surface area is 126 Å². The van der Waals surface area contributed by atoms with Crippen molar-refractivity contribution in [3.63, 3.8) is 0 Å². The van der Waals surface area contributed by atoms with Gasteiger partial charge in [-0.3, -0.25) is 4.79 Å². The molecule has 2 nitrogen and oxygen atoms in total. The van der Waals surface area contributed by atoms with Crippen LogP contribution in [0, 0.1) is 5.92 Å². The summed E-state index contributed by atoms with van der Waals surface area (Å²) in [6.07, 6.45) is 15.2. The molecule has 2 heteroatoms. The molecule has 1 rings (SSSR count). The summed E-state index contributed by atoms with van der Waals surface area (Å²) in [6, 6.07) is 0. The molecule has 1 aliphatic rings. The van der Waals surface area contributed by atoms with Gasteiger partial charge in [0.2, 0.25) is 5.91 Å². The third-order valence-corrected chi connectivity index (χ3v) is 4.50. The maximum Gasteiger partial charge on any atom is 0.222 e. The van der Waals surface area contributed by atoms with Gasteiger partial charge >= 0.3 is 0 Å². The first-order valence-electron chi connectivity index (χ1n) is 9.01. The van der Waals surface area contributed by atoms with Crippen molar-refractivity contribution < 1.29 is 4.79 Å². The van der Waals surface area contributed by atoms with Gasteiger partial charge in [-0.2, -0.15) is 0 Å². The summed E-state index contributed by atoms with van der Waals surface area (Å²) in [7, 11) is 0. The van der Waals surface area contributed by atoms with E-state index in [2.05, 4.69) is 18.7 Å². The fourth-order valence-corrected chi connectivity index (χ4v) is 3.16. The largest absolute Gasteiger partial charge is 0.342 e. The van der Waals surface area contributed by atoms with E-state index in [4.69, 9.17) is 0 Å². The smallest absolute Gasteiger partial charge is 0.222 e. The van der Waals surface area contributed by atoms with E-state index in [1.807, 2.05) is 0 Å². The molecule has 0 radical (unpaired) electrons. The molecule has 118 valence electrons. The van der Waals surface area contributed by atoms with Crippen LogP contribution >= 0.6 is 0 Å². The van der Waals surface area contributed by atoms with Crippen molar-refractivity contribution in [1.82, 2.24) is 4.90 Å². The highest BCUT2D eigenvalue weighted by molar-refractivity contribution is 5.76. The van der Waals surface area contributed by atoms with Gasteiger partial charge in [0.15, 0.2) is 0 Å². The Bertz CT molecular complexity index is 252. The second kappa shape index (κ2) is 11.2. The van der Waals surface area contributed by atoms with Crippen molar-refractivity contribution in [2.45, 2.75) is 90.9 Å². The lowest BCUT2D eigenvalue weighted by Crippen LogP contribution is -2.38. The quantitative estimate of drug-likeness (QED) is 0.506. The molecule has 0 aromatic rings. The minimum Gasteiger partial charge on any atom is -0.342 e. The van der Waals surface area contributed by atoms with Gasteiger partial charge in [0.1, 0.15) is 0 Å². The minimum absolute atomic E-state index is 0.402. The molecule has 1 saturated heterocycles. The van der Waals surface area contributed by atoms with E-state index >= 15 is 0 Å². The van der Waals surface area contributed by atoms with Crippen LogP contribution < -0.4 is 0 Å². The molecule has 0 aromatic carbocycles. The van der Waals surface area contributed by atoms with Crippen molar-refractivity contribution in [1.29, 1.82) is 0 Å². The number of carbonyl (C=O) groups is 1. The Hall–Kier alpha value is -0.530. The van der Waals surface area contributed by atoms with E-state index in [0.717, 1.165) is 25.9 Å². The average Bonchev–Trinajstić information content (AvgIpc) is 2.45. The SMILES string of the molecule is CCCCCCCCCCCC(=O)N1CCCC(C)C1. The molecule has 0 N–H and O–H groups in total. The summed E-state index contributed by atoms with van der Waals surface area (Å²) in [6.45, 7) is 6.52. The van der Waals surface area contributed by atoms with Gasteiger partial charge in [-0.05, 0) is 25.2 Å². The van der Waals surface area contributed by atoms with Gasteiger partial charge in [-0.15, -0.1) is 0 Å². The summed E-state index contributed by atoms with van der Waals surface area (Å²) in [4.78, 5) is 14.2. The van der Waals surface area contributed by atoms with Gasteiger partial charge < -0.3 is 4.90 Å². The van der Waals surface area contributed by atoms with Gasteiger partial charge in [-0.25, -0.2) is 0 Å². The highest BCUT2D eigenvalue weighted by Gasteiger charge is 2.19. The Morgan fingerprint density at radius 1 is 1.00 bits per heavy atom. The number of nitrogens with zero attached hydrogens (tertiary/aromatic N) is 1. The third-order valence-electron chi connectivity index (χ3n) is 4.50. The number of hydrogen-bond acceptors (Lipinski definition) is 1. The van der Waals surface area contributed by atoms with Crippen LogP contribution in [0.15, 0.2) is 0 Å². The second-order valence-corrected chi connectivity index (χ2v) is 6.67. The van der Waals surface area contributed by atoms with Crippen molar-refractivity contribution in [2.75, 3.05) is 13.1 Å². The number of likely N-dealkylation sites (tertiary alicyclic amines) is 1. The number of piperidine rings is 1. The molecule has 0 saturated carbocycles. The fourth-order valence-electron chi connectivity index (χ4n) is 3.16. The van der Waals surface area contributed by atoms with Crippen molar-refractivity contribution in [3.8, 4) is 0 Å². The Morgan fingerprint density at radius 3 is 2.20 bits per heavy atom. The second-order valence-electron chi connectivity index (χ2n) is 6.67. The van der Waals surface area contributed by atoms with Crippen LogP contribution in [0.25, 0.3) is 0 Å². The van der Waals surface area contributed by atoms with E-state index in [-0.39, 0.29) is 0 Å². The van der Waals surface area contributed by atoms with Crippen molar-refractivity contribution in [3.05, 3.63) is 0 Å². The zero-order valence-electron chi connectivity index (χ0n) is 13.8. The van der Waals surface area contributed by atoms with E-state index in [0.29, 0.717) is 11.8 Å². The highest BCUT2D eigenvalue weighted by atomic mass is 16.2.